The van der Waals surface area contributed by atoms with Crippen LogP contribution in [-0.2, 0) is 4.79 Å². The highest BCUT2D eigenvalue weighted by molar-refractivity contribution is 5.87. The van der Waals surface area contributed by atoms with E-state index in [1.54, 1.807) is 18.3 Å². The summed E-state index contributed by atoms with van der Waals surface area (Å²) in [7, 11) is 0. The van der Waals surface area contributed by atoms with Crippen LogP contribution >= 0.6 is 0 Å². The largest absolute Gasteiger partial charge is 0.311 e. The maximum atomic E-state index is 10.5. The number of para-hydroxylation sites is 1. The predicted molar refractivity (Wildman–Crippen MR) is 85.0 cm³/mol. The van der Waals surface area contributed by atoms with Crippen LogP contribution in [0.4, 0.5) is 5.82 Å². The lowest BCUT2D eigenvalue weighted by atomic mass is 10.2. The maximum absolute atomic E-state index is 10.5. The molecule has 3 rings (SSSR count). The molecule has 1 aromatic carbocycles. The summed E-state index contributed by atoms with van der Waals surface area (Å²) in [5.41, 5.74) is 2.15. The number of benzene rings is 1. The normalized spacial score (nSPS) is 9.62. The molecule has 0 atom stereocenters. The third kappa shape index (κ3) is 4.69. The summed E-state index contributed by atoms with van der Waals surface area (Å²) in [5.74, 6) is 0.494. The fraction of sp³-hybridized carbons (Fsp3) is 0.118. The average molecular weight is 279 g/mol. The molecule has 0 spiro atoms. The third-order valence-electron chi connectivity index (χ3n) is 2.71. The number of carbonyl (C=O) groups is 1. The van der Waals surface area contributed by atoms with E-state index in [1.165, 1.54) is 12.3 Å². The van der Waals surface area contributed by atoms with E-state index in [0.29, 0.717) is 5.82 Å². The second-order valence-corrected chi connectivity index (χ2v) is 4.54. The monoisotopic (exact) mass is 279 g/mol. The van der Waals surface area contributed by atoms with Gasteiger partial charge in [0.1, 0.15) is 5.82 Å². The number of nitrogens with zero attached hydrogens (tertiary/aromatic N) is 2. The van der Waals surface area contributed by atoms with Crippen LogP contribution in [-0.4, -0.2) is 15.9 Å². The molecule has 21 heavy (non-hydrogen) atoms. The molecule has 0 radical (unpaired) electrons. The number of hydrogen-bond acceptors (Lipinski definition) is 3. The molecule has 4 heteroatoms. The molecule has 2 heterocycles. The van der Waals surface area contributed by atoms with E-state index >= 15 is 0 Å². The van der Waals surface area contributed by atoms with E-state index < -0.39 is 0 Å². The third-order valence-corrected chi connectivity index (χ3v) is 2.71. The van der Waals surface area contributed by atoms with E-state index in [1.807, 2.05) is 37.3 Å². The average Bonchev–Trinajstić information content (AvgIpc) is 2.48. The summed E-state index contributed by atoms with van der Waals surface area (Å²) in [6, 6.07) is 17.6. The lowest BCUT2D eigenvalue weighted by Crippen LogP contribution is -2.06. The number of aryl methyl sites for hydroxylation is 1. The first-order valence-electron chi connectivity index (χ1n) is 6.66. The zero-order chi connectivity index (χ0) is 15.1. The second kappa shape index (κ2) is 7.14. The molecule has 0 aliphatic rings. The lowest BCUT2D eigenvalue weighted by molar-refractivity contribution is -0.114. The van der Waals surface area contributed by atoms with E-state index in [4.69, 9.17) is 0 Å². The molecule has 0 aliphatic carbocycles. The highest BCUT2D eigenvalue weighted by Gasteiger charge is 1.92. The number of nitrogens with one attached hydrogen (secondary N) is 1. The SMILES string of the molecule is CC(=O)Nc1ccccn1.Cc1ccc2ccccc2n1. The molecule has 0 saturated carbocycles. The Hall–Kier alpha value is -2.75. The smallest absolute Gasteiger partial charge is 0.222 e. The van der Waals surface area contributed by atoms with Crippen molar-refractivity contribution < 1.29 is 4.79 Å². The van der Waals surface area contributed by atoms with Crippen LogP contribution in [0.15, 0.2) is 60.8 Å². The van der Waals surface area contributed by atoms with Gasteiger partial charge in [0.25, 0.3) is 0 Å². The zero-order valence-corrected chi connectivity index (χ0v) is 12.1. The number of carbonyl (C=O) groups excluding carboxylic acids is 1. The molecule has 106 valence electrons. The van der Waals surface area contributed by atoms with Gasteiger partial charge in [-0.1, -0.05) is 30.3 Å². The minimum atomic E-state index is -0.0984. The van der Waals surface area contributed by atoms with Crippen molar-refractivity contribution in [3.05, 3.63) is 66.5 Å². The number of anilines is 1. The van der Waals surface area contributed by atoms with Crippen molar-refractivity contribution in [2.24, 2.45) is 0 Å². The van der Waals surface area contributed by atoms with Crippen molar-refractivity contribution in [2.75, 3.05) is 5.32 Å². The molecule has 0 unspecified atom stereocenters. The number of aromatic nitrogens is 2. The Morgan fingerprint density at radius 1 is 1.00 bits per heavy atom. The number of rotatable bonds is 1. The Balaban J connectivity index is 0.000000155. The van der Waals surface area contributed by atoms with Gasteiger partial charge in [0, 0.05) is 24.2 Å². The van der Waals surface area contributed by atoms with E-state index in [0.717, 1.165) is 11.2 Å². The van der Waals surface area contributed by atoms with Gasteiger partial charge in [-0.05, 0) is 31.2 Å². The molecular formula is C17H17N3O. The van der Waals surface area contributed by atoms with Crippen molar-refractivity contribution in [1.82, 2.24) is 9.97 Å². The van der Waals surface area contributed by atoms with Crippen molar-refractivity contribution in [3.8, 4) is 0 Å². The van der Waals surface area contributed by atoms with E-state index in [9.17, 15) is 4.79 Å². The first kappa shape index (κ1) is 14.7. The summed E-state index contributed by atoms with van der Waals surface area (Å²) in [5, 5.41) is 3.76. The van der Waals surface area contributed by atoms with Gasteiger partial charge in [-0.15, -0.1) is 0 Å². The van der Waals surface area contributed by atoms with Gasteiger partial charge in [-0.3, -0.25) is 9.78 Å². The van der Waals surface area contributed by atoms with Crippen molar-refractivity contribution in [1.29, 1.82) is 0 Å². The fourth-order valence-corrected chi connectivity index (χ4v) is 1.78. The number of fused-ring (bicyclic) bond motifs is 1. The minimum Gasteiger partial charge on any atom is -0.311 e. The van der Waals surface area contributed by atoms with Gasteiger partial charge in [0.05, 0.1) is 5.52 Å². The Bertz CT molecular complexity index is 726. The molecule has 0 bridgehead atoms. The van der Waals surface area contributed by atoms with Gasteiger partial charge < -0.3 is 5.32 Å². The molecule has 3 aromatic rings. The predicted octanol–water partition coefficient (Wildman–Crippen LogP) is 3.58. The molecule has 0 aliphatic heterocycles. The summed E-state index contributed by atoms with van der Waals surface area (Å²) in [6.45, 7) is 3.46. The van der Waals surface area contributed by atoms with Crippen LogP contribution in [0.2, 0.25) is 0 Å². The first-order valence-corrected chi connectivity index (χ1v) is 6.66. The zero-order valence-electron chi connectivity index (χ0n) is 12.1. The van der Waals surface area contributed by atoms with Gasteiger partial charge in [0.15, 0.2) is 0 Å². The molecule has 0 saturated heterocycles. The van der Waals surface area contributed by atoms with Gasteiger partial charge in [-0.2, -0.15) is 0 Å². The van der Waals surface area contributed by atoms with Crippen molar-refractivity contribution in [3.63, 3.8) is 0 Å². The Kier molecular flexibility index (Phi) is 4.99. The van der Waals surface area contributed by atoms with Crippen molar-refractivity contribution >= 4 is 22.6 Å². The lowest BCUT2D eigenvalue weighted by Gasteiger charge is -1.96. The van der Waals surface area contributed by atoms with Crippen LogP contribution < -0.4 is 5.32 Å². The molecule has 4 nitrogen and oxygen atoms in total. The molecular weight excluding hydrogens is 262 g/mol. The van der Waals surface area contributed by atoms with Crippen LogP contribution in [0.25, 0.3) is 10.9 Å². The van der Waals surface area contributed by atoms with Crippen LogP contribution in [0.5, 0.6) is 0 Å². The van der Waals surface area contributed by atoms with Crippen molar-refractivity contribution in [2.45, 2.75) is 13.8 Å². The minimum absolute atomic E-state index is 0.0984. The summed E-state index contributed by atoms with van der Waals surface area (Å²) in [6.07, 6.45) is 1.63. The van der Waals surface area contributed by atoms with E-state index in [2.05, 4.69) is 27.4 Å². The van der Waals surface area contributed by atoms with Crippen LogP contribution in [0.3, 0.4) is 0 Å². The van der Waals surface area contributed by atoms with E-state index in [-0.39, 0.29) is 5.91 Å². The molecule has 0 fully saturated rings. The summed E-state index contributed by atoms with van der Waals surface area (Å²) >= 11 is 0. The Labute approximate surface area is 123 Å². The Morgan fingerprint density at radius 3 is 2.48 bits per heavy atom. The van der Waals surface area contributed by atoms with Crippen LogP contribution in [0.1, 0.15) is 12.6 Å². The second-order valence-electron chi connectivity index (χ2n) is 4.54. The van der Waals surface area contributed by atoms with Gasteiger partial charge in [-0.25, -0.2) is 4.98 Å². The topological polar surface area (TPSA) is 54.9 Å². The molecule has 1 amide bonds. The maximum Gasteiger partial charge on any atom is 0.222 e. The summed E-state index contributed by atoms with van der Waals surface area (Å²) in [4.78, 5) is 18.7. The van der Waals surface area contributed by atoms with Crippen LogP contribution in [0, 0.1) is 6.92 Å². The fourth-order valence-electron chi connectivity index (χ4n) is 1.78. The number of amides is 1. The molecule has 2 aromatic heterocycles. The number of hydrogen-bond donors (Lipinski definition) is 1. The standard InChI is InChI=1S/C10H9N.C7H8N2O/c1-8-6-7-9-4-2-3-5-10(9)11-8;1-6(10)9-7-4-2-3-5-8-7/h2-7H,1H3;2-5H,1H3,(H,8,9,10). The highest BCUT2D eigenvalue weighted by atomic mass is 16.1. The van der Waals surface area contributed by atoms with Gasteiger partial charge in [0.2, 0.25) is 5.91 Å². The van der Waals surface area contributed by atoms with Gasteiger partial charge >= 0.3 is 0 Å². The highest BCUT2D eigenvalue weighted by Crippen LogP contribution is 2.10. The first-order chi connectivity index (χ1) is 10.1. The number of pyridine rings is 2. The Morgan fingerprint density at radius 2 is 1.76 bits per heavy atom. The summed E-state index contributed by atoms with van der Waals surface area (Å²) < 4.78 is 0. The quantitative estimate of drug-likeness (QED) is 0.740. The molecule has 1 N–H and O–H groups in total.